The number of hydrogen-bond acceptors (Lipinski definition) is 4. The van der Waals surface area contributed by atoms with Gasteiger partial charge < -0.3 is 5.32 Å². The summed E-state index contributed by atoms with van der Waals surface area (Å²) >= 11 is 0. The molecular weight excluding hydrogens is 252 g/mol. The fraction of sp³-hybridized carbons (Fsp3) is 0.667. The molecule has 0 spiro atoms. The number of halogens is 2. The number of nitrogens with one attached hydrogen (secondary N) is 1. The highest BCUT2D eigenvalue weighted by Gasteiger charge is 2.10. The average molecular weight is 267 g/mol. The van der Waals surface area contributed by atoms with Crippen molar-refractivity contribution in [2.75, 3.05) is 18.6 Å². The van der Waals surface area contributed by atoms with Gasteiger partial charge in [0.1, 0.15) is 15.7 Å². The Morgan fingerprint density at radius 1 is 1.53 bits per heavy atom. The van der Waals surface area contributed by atoms with Gasteiger partial charge in [0, 0.05) is 18.6 Å². The molecule has 0 bridgehead atoms. The summed E-state index contributed by atoms with van der Waals surface area (Å²) in [6.45, 7) is -1.96. The van der Waals surface area contributed by atoms with Crippen molar-refractivity contribution in [3.05, 3.63) is 18.2 Å². The van der Waals surface area contributed by atoms with Crippen molar-refractivity contribution >= 4 is 9.84 Å². The highest BCUT2D eigenvalue weighted by atomic mass is 32.2. The van der Waals surface area contributed by atoms with E-state index in [1.807, 2.05) is 0 Å². The summed E-state index contributed by atoms with van der Waals surface area (Å²) in [6.07, 6.45) is 4.13. The molecule has 1 heterocycles. The molecule has 5 nitrogen and oxygen atoms in total. The van der Waals surface area contributed by atoms with Crippen LogP contribution in [0.4, 0.5) is 8.78 Å². The van der Waals surface area contributed by atoms with E-state index in [1.54, 1.807) is 0 Å². The number of nitrogens with zero attached hydrogens (tertiary/aromatic N) is 2. The molecule has 0 aliphatic carbocycles. The van der Waals surface area contributed by atoms with Crippen LogP contribution in [0, 0.1) is 0 Å². The summed E-state index contributed by atoms with van der Waals surface area (Å²) in [5.41, 5.74) is 0. The van der Waals surface area contributed by atoms with E-state index in [4.69, 9.17) is 0 Å². The molecule has 1 N–H and O–H groups in total. The Balaban J connectivity index is 2.29. The van der Waals surface area contributed by atoms with Gasteiger partial charge in [-0.05, 0) is 13.0 Å². The topological polar surface area (TPSA) is 64.0 Å². The standard InChI is InChI=1S/C9H15F2N3O2S/c1-17(15,16)6-2-3-12-7-8-13-4-5-14(8)9(10)11/h4-5,9,12H,2-3,6-7H2,1H3. The van der Waals surface area contributed by atoms with Gasteiger partial charge in [0.05, 0.1) is 12.3 Å². The molecule has 0 aromatic carbocycles. The van der Waals surface area contributed by atoms with Crippen LogP contribution < -0.4 is 5.32 Å². The summed E-state index contributed by atoms with van der Waals surface area (Å²) in [5, 5.41) is 2.87. The summed E-state index contributed by atoms with van der Waals surface area (Å²) in [7, 11) is -2.96. The van der Waals surface area contributed by atoms with E-state index < -0.39 is 16.4 Å². The summed E-state index contributed by atoms with van der Waals surface area (Å²) < 4.78 is 47.2. The van der Waals surface area contributed by atoms with Crippen LogP contribution in [0.5, 0.6) is 0 Å². The van der Waals surface area contributed by atoms with Gasteiger partial charge in [-0.3, -0.25) is 4.57 Å². The normalized spacial score (nSPS) is 12.2. The van der Waals surface area contributed by atoms with E-state index in [0.717, 1.165) is 10.8 Å². The smallest absolute Gasteiger partial charge is 0.310 e. The zero-order chi connectivity index (χ0) is 12.9. The Morgan fingerprint density at radius 2 is 2.24 bits per heavy atom. The third kappa shape index (κ3) is 5.22. The maximum atomic E-state index is 12.4. The average Bonchev–Trinajstić information content (AvgIpc) is 2.63. The molecule has 0 radical (unpaired) electrons. The molecule has 0 aliphatic heterocycles. The van der Waals surface area contributed by atoms with Gasteiger partial charge >= 0.3 is 6.55 Å². The fourth-order valence-corrected chi connectivity index (χ4v) is 1.99. The molecule has 0 amide bonds. The highest BCUT2D eigenvalue weighted by Crippen LogP contribution is 2.11. The van der Waals surface area contributed by atoms with Crippen molar-refractivity contribution in [2.45, 2.75) is 19.5 Å². The summed E-state index contributed by atoms with van der Waals surface area (Å²) in [6, 6.07) is 0. The lowest BCUT2D eigenvalue weighted by Crippen LogP contribution is -2.20. The number of rotatable bonds is 7. The lowest BCUT2D eigenvalue weighted by Gasteiger charge is -2.07. The first kappa shape index (κ1) is 14.0. The minimum absolute atomic E-state index is 0.0866. The van der Waals surface area contributed by atoms with Crippen LogP contribution in [0.15, 0.2) is 12.4 Å². The zero-order valence-corrected chi connectivity index (χ0v) is 10.3. The monoisotopic (exact) mass is 267 g/mol. The van der Waals surface area contributed by atoms with E-state index in [0.29, 0.717) is 13.0 Å². The minimum atomic E-state index is -2.96. The number of imidazole rings is 1. The van der Waals surface area contributed by atoms with Crippen molar-refractivity contribution in [1.82, 2.24) is 14.9 Å². The molecule has 1 rings (SSSR count). The van der Waals surface area contributed by atoms with Crippen LogP contribution >= 0.6 is 0 Å². The van der Waals surface area contributed by atoms with E-state index in [9.17, 15) is 17.2 Å². The Bertz CT molecular complexity index is 445. The van der Waals surface area contributed by atoms with Crippen molar-refractivity contribution in [1.29, 1.82) is 0 Å². The number of hydrogen-bond donors (Lipinski definition) is 1. The highest BCUT2D eigenvalue weighted by molar-refractivity contribution is 7.90. The molecule has 0 atom stereocenters. The molecule has 0 saturated heterocycles. The zero-order valence-electron chi connectivity index (χ0n) is 9.44. The first-order chi connectivity index (χ1) is 7.90. The van der Waals surface area contributed by atoms with Gasteiger partial charge in [-0.1, -0.05) is 0 Å². The van der Waals surface area contributed by atoms with Crippen molar-refractivity contribution in [2.24, 2.45) is 0 Å². The van der Waals surface area contributed by atoms with Gasteiger partial charge in [-0.2, -0.15) is 8.78 Å². The molecular formula is C9H15F2N3O2S. The Morgan fingerprint density at radius 3 is 2.82 bits per heavy atom. The molecule has 0 aliphatic rings. The maximum Gasteiger partial charge on any atom is 0.319 e. The van der Waals surface area contributed by atoms with E-state index >= 15 is 0 Å². The van der Waals surface area contributed by atoms with E-state index in [1.165, 1.54) is 12.4 Å². The first-order valence-corrected chi connectivity index (χ1v) is 7.14. The number of aromatic nitrogens is 2. The molecule has 0 unspecified atom stereocenters. The molecule has 17 heavy (non-hydrogen) atoms. The minimum Gasteiger partial charge on any atom is -0.310 e. The quantitative estimate of drug-likeness (QED) is 0.742. The fourth-order valence-electron chi connectivity index (χ4n) is 1.32. The van der Waals surface area contributed by atoms with Gasteiger partial charge in [0.25, 0.3) is 0 Å². The Labute approximate surface area is 98.8 Å². The van der Waals surface area contributed by atoms with Crippen LogP contribution in [-0.2, 0) is 16.4 Å². The van der Waals surface area contributed by atoms with Gasteiger partial charge in [0.15, 0.2) is 0 Å². The van der Waals surface area contributed by atoms with Crippen LogP contribution in [0.2, 0.25) is 0 Å². The van der Waals surface area contributed by atoms with Crippen molar-refractivity contribution < 1.29 is 17.2 Å². The van der Waals surface area contributed by atoms with Crippen LogP contribution in [0.1, 0.15) is 18.8 Å². The van der Waals surface area contributed by atoms with E-state index in [-0.39, 0.29) is 18.1 Å². The van der Waals surface area contributed by atoms with E-state index in [2.05, 4.69) is 10.3 Å². The SMILES string of the molecule is CS(=O)(=O)CCCNCc1nccn1C(F)F. The largest absolute Gasteiger partial charge is 0.319 e. The van der Waals surface area contributed by atoms with Crippen molar-refractivity contribution in [3.63, 3.8) is 0 Å². The van der Waals surface area contributed by atoms with Gasteiger partial charge in [-0.25, -0.2) is 13.4 Å². The van der Waals surface area contributed by atoms with Crippen LogP contribution in [-0.4, -0.2) is 36.5 Å². The lowest BCUT2D eigenvalue weighted by molar-refractivity contribution is 0.0666. The second-order valence-electron chi connectivity index (χ2n) is 3.69. The third-order valence-corrected chi connectivity index (χ3v) is 3.14. The van der Waals surface area contributed by atoms with Crippen molar-refractivity contribution in [3.8, 4) is 0 Å². The molecule has 1 aromatic heterocycles. The molecule has 98 valence electrons. The summed E-state index contributed by atoms with van der Waals surface area (Å²) in [5.74, 6) is 0.322. The Hall–Kier alpha value is -1.02. The second-order valence-corrected chi connectivity index (χ2v) is 5.95. The maximum absolute atomic E-state index is 12.4. The van der Waals surface area contributed by atoms with Gasteiger partial charge in [0.2, 0.25) is 0 Å². The molecule has 8 heteroatoms. The molecule has 1 aromatic rings. The number of alkyl halides is 2. The van der Waals surface area contributed by atoms with Crippen LogP contribution in [0.25, 0.3) is 0 Å². The Kier molecular flexibility index (Phi) is 5.01. The molecule has 0 saturated carbocycles. The predicted octanol–water partition coefficient (Wildman–Crippen LogP) is 0.802. The number of sulfone groups is 1. The second kappa shape index (κ2) is 6.06. The summed E-state index contributed by atoms with van der Waals surface area (Å²) in [4.78, 5) is 3.79. The molecule has 0 fully saturated rings. The lowest BCUT2D eigenvalue weighted by atomic mass is 10.4. The third-order valence-electron chi connectivity index (χ3n) is 2.11. The first-order valence-electron chi connectivity index (χ1n) is 5.08. The predicted molar refractivity (Wildman–Crippen MR) is 59.5 cm³/mol. The van der Waals surface area contributed by atoms with Gasteiger partial charge in [-0.15, -0.1) is 0 Å². The van der Waals surface area contributed by atoms with Crippen LogP contribution in [0.3, 0.4) is 0 Å².